The second-order valence-corrected chi connectivity index (χ2v) is 8.26. The van der Waals surface area contributed by atoms with Gasteiger partial charge >= 0.3 is 0 Å². The van der Waals surface area contributed by atoms with Crippen molar-refractivity contribution in [2.75, 3.05) is 25.5 Å². The Morgan fingerprint density at radius 3 is 2.17 bits per heavy atom. The number of benzene rings is 2. The molecule has 9 nitrogen and oxygen atoms in total. The molecule has 0 aromatic heterocycles. The highest BCUT2D eigenvalue weighted by Gasteiger charge is 2.23. The highest BCUT2D eigenvalue weighted by atomic mass is 32.2. The summed E-state index contributed by atoms with van der Waals surface area (Å²) in [7, 11) is -2.67. The quantitative estimate of drug-likeness (QED) is 0.572. The first-order chi connectivity index (χ1) is 13.7. The van der Waals surface area contributed by atoms with Crippen molar-refractivity contribution in [3.63, 3.8) is 0 Å². The predicted molar refractivity (Wildman–Crippen MR) is 107 cm³/mol. The average molecular weight is 415 g/mol. The first-order valence-corrected chi connectivity index (χ1v) is 10.0. The molecule has 0 atom stereocenters. The van der Waals surface area contributed by atoms with Gasteiger partial charge in [-0.15, -0.1) is 0 Å². The molecule has 0 aliphatic rings. The van der Waals surface area contributed by atoms with Crippen LogP contribution in [0.5, 0.6) is 0 Å². The zero-order chi connectivity index (χ0) is 21.4. The number of carbonyl (C=O) groups is 2. The molecule has 0 aliphatic heterocycles. The number of aryl methyl sites for hydroxylation is 1. The number of rotatable bonds is 7. The van der Waals surface area contributed by atoms with Crippen LogP contribution in [0.2, 0.25) is 0 Å². The summed E-state index contributed by atoms with van der Waals surface area (Å²) in [5.74, 6) is -1.19. The average Bonchev–Trinajstić information content (AvgIpc) is 2.71. The van der Waals surface area contributed by atoms with E-state index in [1.807, 2.05) is 37.3 Å². The predicted octanol–water partition coefficient (Wildman–Crippen LogP) is 0.747. The number of anilines is 1. The van der Waals surface area contributed by atoms with E-state index in [4.69, 9.17) is 5.26 Å². The second-order valence-electron chi connectivity index (χ2n) is 6.21. The van der Waals surface area contributed by atoms with Crippen LogP contribution in [0.15, 0.2) is 53.4 Å². The lowest BCUT2D eigenvalue weighted by atomic mass is 10.2. The van der Waals surface area contributed by atoms with E-state index >= 15 is 0 Å². The molecule has 29 heavy (non-hydrogen) atoms. The monoisotopic (exact) mass is 415 g/mol. The van der Waals surface area contributed by atoms with Gasteiger partial charge in [0.1, 0.15) is 0 Å². The third-order valence-corrected chi connectivity index (χ3v) is 5.72. The SMILES string of the molecule is Cc1ccc(NCC(=O)NNC(=O)CN(C)S(=O)(=O)c2ccc(C#N)cc2)cc1. The molecule has 10 heteroatoms. The minimum atomic E-state index is -3.91. The van der Waals surface area contributed by atoms with E-state index in [1.54, 1.807) is 0 Å². The van der Waals surface area contributed by atoms with Gasteiger partial charge in [0.25, 0.3) is 11.8 Å². The number of hydrazine groups is 1. The molecule has 0 spiro atoms. The lowest BCUT2D eigenvalue weighted by molar-refractivity contribution is -0.128. The number of nitrogens with one attached hydrogen (secondary N) is 3. The van der Waals surface area contributed by atoms with Crippen LogP contribution in [-0.4, -0.2) is 44.7 Å². The van der Waals surface area contributed by atoms with Gasteiger partial charge in [-0.1, -0.05) is 17.7 Å². The molecule has 0 saturated carbocycles. The summed E-state index contributed by atoms with van der Waals surface area (Å²) in [6.07, 6.45) is 0. The Balaban J connectivity index is 1.82. The standard InChI is InChI=1S/C19H21N5O4S/c1-14-3-7-16(8-4-14)21-12-18(25)22-23-19(26)13-24(2)29(27,28)17-9-5-15(11-20)6-10-17/h3-10,21H,12-13H2,1-2H3,(H,22,25)(H,23,26). The Bertz CT molecular complexity index is 1010. The van der Waals surface area contributed by atoms with Crippen LogP contribution in [0, 0.1) is 18.3 Å². The zero-order valence-electron chi connectivity index (χ0n) is 16.0. The van der Waals surface area contributed by atoms with Crippen molar-refractivity contribution in [2.45, 2.75) is 11.8 Å². The van der Waals surface area contributed by atoms with E-state index in [1.165, 1.54) is 31.3 Å². The Kier molecular flexibility index (Phi) is 7.30. The summed E-state index contributed by atoms with van der Waals surface area (Å²) in [6.45, 7) is 1.39. The summed E-state index contributed by atoms with van der Waals surface area (Å²) in [5.41, 5.74) is 6.56. The maximum Gasteiger partial charge on any atom is 0.257 e. The molecular formula is C19H21N5O4S. The number of amides is 2. The van der Waals surface area contributed by atoms with Crippen LogP contribution in [-0.2, 0) is 19.6 Å². The summed E-state index contributed by atoms with van der Waals surface area (Å²) in [5, 5.41) is 11.7. The Morgan fingerprint density at radius 1 is 1.00 bits per heavy atom. The number of sulfonamides is 1. The molecule has 0 heterocycles. The van der Waals surface area contributed by atoms with Gasteiger partial charge < -0.3 is 5.32 Å². The molecule has 0 unspecified atom stereocenters. The van der Waals surface area contributed by atoms with E-state index in [-0.39, 0.29) is 11.4 Å². The molecule has 3 N–H and O–H groups in total. The van der Waals surface area contributed by atoms with Crippen molar-refractivity contribution in [3.05, 3.63) is 59.7 Å². The molecular weight excluding hydrogens is 394 g/mol. The lowest BCUT2D eigenvalue weighted by Crippen LogP contribution is -2.48. The second kappa shape index (κ2) is 9.68. The highest BCUT2D eigenvalue weighted by molar-refractivity contribution is 7.89. The highest BCUT2D eigenvalue weighted by Crippen LogP contribution is 2.14. The molecule has 0 saturated heterocycles. The van der Waals surface area contributed by atoms with Crippen molar-refractivity contribution in [1.29, 1.82) is 5.26 Å². The van der Waals surface area contributed by atoms with Gasteiger partial charge in [0.2, 0.25) is 10.0 Å². The van der Waals surface area contributed by atoms with E-state index < -0.39 is 28.4 Å². The molecule has 2 amide bonds. The van der Waals surface area contributed by atoms with Crippen molar-refractivity contribution in [2.24, 2.45) is 0 Å². The summed E-state index contributed by atoms with van der Waals surface area (Å²) in [6, 6.07) is 14.7. The van der Waals surface area contributed by atoms with Gasteiger partial charge in [-0.05, 0) is 43.3 Å². The van der Waals surface area contributed by atoms with Gasteiger partial charge in [-0.25, -0.2) is 8.42 Å². The van der Waals surface area contributed by atoms with Crippen LogP contribution < -0.4 is 16.2 Å². The van der Waals surface area contributed by atoms with Crippen molar-refractivity contribution >= 4 is 27.5 Å². The van der Waals surface area contributed by atoms with Crippen molar-refractivity contribution < 1.29 is 18.0 Å². The molecule has 2 aromatic rings. The fourth-order valence-electron chi connectivity index (χ4n) is 2.25. The van der Waals surface area contributed by atoms with Crippen molar-refractivity contribution in [1.82, 2.24) is 15.2 Å². The number of nitriles is 1. The van der Waals surface area contributed by atoms with E-state index in [2.05, 4.69) is 16.2 Å². The van der Waals surface area contributed by atoms with Crippen LogP contribution in [0.3, 0.4) is 0 Å². The molecule has 0 radical (unpaired) electrons. The minimum absolute atomic E-state index is 0.0434. The molecule has 0 fully saturated rings. The number of hydrogen-bond acceptors (Lipinski definition) is 6. The van der Waals surface area contributed by atoms with Gasteiger partial charge in [0, 0.05) is 12.7 Å². The third kappa shape index (κ3) is 6.31. The first kappa shape index (κ1) is 21.9. The maximum absolute atomic E-state index is 12.5. The third-order valence-electron chi connectivity index (χ3n) is 3.90. The van der Waals surface area contributed by atoms with E-state index in [9.17, 15) is 18.0 Å². The number of nitrogens with zero attached hydrogens (tertiary/aromatic N) is 2. The smallest absolute Gasteiger partial charge is 0.257 e. The molecule has 0 aliphatic carbocycles. The van der Waals surface area contributed by atoms with Gasteiger partial charge in [-0.2, -0.15) is 9.57 Å². The molecule has 0 bridgehead atoms. The fourth-order valence-corrected chi connectivity index (χ4v) is 3.37. The Labute approximate surface area is 169 Å². The van der Waals surface area contributed by atoms with Crippen LogP contribution in [0.4, 0.5) is 5.69 Å². The topological polar surface area (TPSA) is 131 Å². The van der Waals surface area contributed by atoms with E-state index in [0.717, 1.165) is 15.6 Å². The van der Waals surface area contributed by atoms with Gasteiger partial charge in [0.15, 0.2) is 0 Å². The Hall–Kier alpha value is -3.42. The molecule has 2 rings (SSSR count). The minimum Gasteiger partial charge on any atom is -0.376 e. The summed E-state index contributed by atoms with van der Waals surface area (Å²) < 4.78 is 25.8. The zero-order valence-corrected chi connectivity index (χ0v) is 16.8. The summed E-state index contributed by atoms with van der Waals surface area (Å²) >= 11 is 0. The number of carbonyl (C=O) groups excluding carboxylic acids is 2. The van der Waals surface area contributed by atoms with Crippen molar-refractivity contribution in [3.8, 4) is 6.07 Å². The number of hydrogen-bond donors (Lipinski definition) is 3. The Morgan fingerprint density at radius 2 is 1.59 bits per heavy atom. The fraction of sp³-hybridized carbons (Fsp3) is 0.211. The molecule has 152 valence electrons. The van der Waals surface area contributed by atoms with Crippen LogP contribution in [0.25, 0.3) is 0 Å². The largest absolute Gasteiger partial charge is 0.376 e. The van der Waals surface area contributed by atoms with E-state index in [0.29, 0.717) is 5.56 Å². The summed E-state index contributed by atoms with van der Waals surface area (Å²) in [4.78, 5) is 23.7. The normalized spacial score (nSPS) is 10.8. The molecule has 2 aromatic carbocycles. The number of likely N-dealkylation sites (N-methyl/N-ethyl adjacent to an activating group) is 1. The van der Waals surface area contributed by atoms with Gasteiger partial charge in [-0.3, -0.25) is 20.4 Å². The van der Waals surface area contributed by atoms with Crippen LogP contribution in [0.1, 0.15) is 11.1 Å². The maximum atomic E-state index is 12.5. The first-order valence-electron chi connectivity index (χ1n) is 8.57. The lowest BCUT2D eigenvalue weighted by Gasteiger charge is -2.17. The van der Waals surface area contributed by atoms with Gasteiger partial charge in [0.05, 0.1) is 29.6 Å². The van der Waals surface area contributed by atoms with Crippen LogP contribution >= 0.6 is 0 Å².